The molecule has 0 unspecified atom stereocenters. The maximum atomic E-state index is 6.73. The van der Waals surface area contributed by atoms with Crippen molar-refractivity contribution in [1.29, 1.82) is 0 Å². The Morgan fingerprint density at radius 2 is 1.50 bits per heavy atom. The Morgan fingerprint density at radius 3 is 1.58 bits per heavy atom. The van der Waals surface area contributed by atoms with E-state index in [2.05, 4.69) is 41.5 Å². The van der Waals surface area contributed by atoms with Crippen LogP contribution in [0.15, 0.2) is 0 Å². The van der Waals surface area contributed by atoms with E-state index in [4.69, 9.17) is 11.1 Å². The second kappa shape index (κ2) is 4.14. The van der Waals surface area contributed by atoms with E-state index in [0.29, 0.717) is 11.0 Å². The van der Waals surface area contributed by atoms with Gasteiger partial charge < -0.3 is 0 Å². The van der Waals surface area contributed by atoms with Crippen LogP contribution in [0.4, 0.5) is 0 Å². The summed E-state index contributed by atoms with van der Waals surface area (Å²) < 4.78 is 0. The predicted molar refractivity (Wildman–Crippen MR) is 61.4 cm³/mol. The number of halogens is 1. The number of hydrogen-bond donors (Lipinski definition) is 0. The zero-order chi connectivity index (χ0) is 9.99. The van der Waals surface area contributed by atoms with E-state index in [0.717, 1.165) is 0 Å². The lowest BCUT2D eigenvalue weighted by Gasteiger charge is -2.42. The summed E-state index contributed by atoms with van der Waals surface area (Å²) in [5.74, 6) is 0.696. The number of hydrogen-bond acceptors (Lipinski definition) is 0. The van der Waals surface area contributed by atoms with E-state index < -0.39 is 7.38 Å². The van der Waals surface area contributed by atoms with Crippen LogP contribution in [0.5, 0.6) is 0 Å². The highest BCUT2D eigenvalue weighted by molar-refractivity contribution is 7.21. The molecule has 74 valence electrons. The molecular formula is C10H23ClSi. The molecule has 12 heavy (non-hydrogen) atoms. The van der Waals surface area contributed by atoms with Gasteiger partial charge in [0.05, 0.1) is 0 Å². The van der Waals surface area contributed by atoms with Crippen molar-refractivity contribution in [2.75, 3.05) is 0 Å². The Kier molecular flexibility index (Phi) is 4.32. The van der Waals surface area contributed by atoms with Crippen molar-refractivity contribution < 1.29 is 0 Å². The van der Waals surface area contributed by atoms with Crippen molar-refractivity contribution in [2.45, 2.75) is 58.7 Å². The van der Waals surface area contributed by atoms with Crippen molar-refractivity contribution in [2.24, 2.45) is 5.92 Å². The second-order valence-corrected chi connectivity index (χ2v) is 11.4. The summed E-state index contributed by atoms with van der Waals surface area (Å²) in [5, 5.41) is 0.359. The minimum absolute atomic E-state index is 0.359. The minimum atomic E-state index is -1.52. The van der Waals surface area contributed by atoms with Crippen LogP contribution in [0.2, 0.25) is 17.1 Å². The molecule has 0 amide bonds. The lowest BCUT2D eigenvalue weighted by Crippen LogP contribution is -2.41. The van der Waals surface area contributed by atoms with Crippen LogP contribution in [0.1, 0.15) is 41.5 Å². The fraction of sp³-hybridized carbons (Fsp3) is 1.00. The molecule has 0 spiro atoms. The van der Waals surface area contributed by atoms with E-state index in [1.165, 1.54) is 12.1 Å². The van der Waals surface area contributed by atoms with Crippen LogP contribution in [0.3, 0.4) is 0 Å². The first-order valence-corrected chi connectivity index (χ1v) is 8.43. The van der Waals surface area contributed by atoms with Gasteiger partial charge in [-0.2, -0.15) is 11.1 Å². The molecule has 0 saturated heterocycles. The van der Waals surface area contributed by atoms with Gasteiger partial charge in [0.1, 0.15) is 0 Å². The lowest BCUT2D eigenvalue weighted by molar-refractivity contribution is 0.460. The third-order valence-corrected chi connectivity index (χ3v) is 11.9. The molecule has 0 saturated carbocycles. The first kappa shape index (κ1) is 12.5. The Hall–Kier alpha value is 0.507. The van der Waals surface area contributed by atoms with E-state index in [1.807, 2.05) is 0 Å². The quantitative estimate of drug-likeness (QED) is 0.464. The Balaban J connectivity index is 4.70. The Bertz CT molecular complexity index is 134. The lowest BCUT2D eigenvalue weighted by atomic mass is 9.99. The monoisotopic (exact) mass is 206 g/mol. The van der Waals surface area contributed by atoms with Gasteiger partial charge in [-0.25, -0.2) is 0 Å². The average Bonchev–Trinajstić information content (AvgIpc) is 2.02. The Morgan fingerprint density at radius 1 is 1.17 bits per heavy atom. The average molecular weight is 207 g/mol. The summed E-state index contributed by atoms with van der Waals surface area (Å²) in [6.45, 7) is 13.7. The molecule has 0 rings (SSSR count). The van der Waals surface area contributed by atoms with Gasteiger partial charge in [0.2, 0.25) is 0 Å². The summed E-state index contributed by atoms with van der Waals surface area (Å²) in [6.07, 6.45) is 0. The van der Waals surface area contributed by atoms with Gasteiger partial charge in [-0.1, -0.05) is 41.5 Å². The highest BCUT2D eigenvalue weighted by atomic mass is 35.6. The first-order valence-electron chi connectivity index (χ1n) is 5.00. The van der Waals surface area contributed by atoms with E-state index in [1.54, 1.807) is 0 Å². The van der Waals surface area contributed by atoms with Gasteiger partial charge in [0.25, 0.3) is 0 Å². The maximum Gasteiger partial charge on any atom is 0.161 e. The van der Waals surface area contributed by atoms with Gasteiger partial charge in [-0.05, 0) is 23.0 Å². The van der Waals surface area contributed by atoms with E-state index in [-0.39, 0.29) is 0 Å². The highest BCUT2D eigenvalue weighted by Gasteiger charge is 2.44. The second-order valence-electron chi connectivity index (χ2n) is 4.55. The molecule has 0 radical (unpaired) electrons. The Labute approximate surface area is 83.4 Å². The van der Waals surface area contributed by atoms with Crippen LogP contribution in [-0.4, -0.2) is 7.38 Å². The molecule has 0 aliphatic carbocycles. The topological polar surface area (TPSA) is 0 Å². The predicted octanol–water partition coefficient (Wildman–Crippen LogP) is 4.65. The number of rotatable bonds is 4. The van der Waals surface area contributed by atoms with Crippen molar-refractivity contribution in [1.82, 2.24) is 0 Å². The van der Waals surface area contributed by atoms with Crippen molar-refractivity contribution in [3.63, 3.8) is 0 Å². The summed E-state index contributed by atoms with van der Waals surface area (Å²) in [7, 11) is -1.52. The van der Waals surface area contributed by atoms with Crippen LogP contribution in [0.25, 0.3) is 0 Å². The van der Waals surface area contributed by atoms with Crippen LogP contribution >= 0.6 is 11.1 Å². The van der Waals surface area contributed by atoms with Crippen LogP contribution in [0, 0.1) is 5.92 Å². The van der Waals surface area contributed by atoms with Gasteiger partial charge in [0, 0.05) is 0 Å². The molecule has 0 aliphatic heterocycles. The SMILES string of the molecule is CC[Si](Cl)(CC)C(C)(C)C(C)C. The third kappa shape index (κ3) is 2.05. The standard InChI is InChI=1S/C10H23ClSi/c1-7-12(11,8-2)10(5,6)9(3)4/h9H,7-8H2,1-6H3. The molecule has 0 aromatic carbocycles. The van der Waals surface area contributed by atoms with Crippen molar-refractivity contribution in [3.8, 4) is 0 Å². The maximum absolute atomic E-state index is 6.73. The molecule has 0 N–H and O–H groups in total. The molecule has 0 nitrogen and oxygen atoms in total. The first-order chi connectivity index (χ1) is 5.31. The zero-order valence-corrected chi connectivity index (χ0v) is 11.1. The summed E-state index contributed by atoms with van der Waals surface area (Å²) in [4.78, 5) is 0. The normalized spacial score (nSPS) is 14.0. The molecule has 0 aliphatic rings. The van der Waals surface area contributed by atoms with Gasteiger partial charge in [-0.3, -0.25) is 0 Å². The molecule has 0 aromatic rings. The zero-order valence-electron chi connectivity index (χ0n) is 9.37. The van der Waals surface area contributed by atoms with Gasteiger partial charge >= 0.3 is 0 Å². The highest BCUT2D eigenvalue weighted by Crippen LogP contribution is 2.50. The van der Waals surface area contributed by atoms with Gasteiger partial charge in [-0.15, -0.1) is 0 Å². The van der Waals surface area contributed by atoms with Gasteiger partial charge in [0.15, 0.2) is 7.38 Å². The minimum Gasteiger partial charge on any atom is -0.166 e. The van der Waals surface area contributed by atoms with Crippen LogP contribution in [-0.2, 0) is 0 Å². The van der Waals surface area contributed by atoms with Crippen molar-refractivity contribution in [3.05, 3.63) is 0 Å². The molecule has 0 fully saturated rings. The summed E-state index contributed by atoms with van der Waals surface area (Å²) in [5.41, 5.74) is 0. The fourth-order valence-electron chi connectivity index (χ4n) is 1.68. The fourth-order valence-corrected chi connectivity index (χ4v) is 5.69. The van der Waals surface area contributed by atoms with Crippen LogP contribution < -0.4 is 0 Å². The van der Waals surface area contributed by atoms with E-state index in [9.17, 15) is 0 Å². The molecule has 2 heteroatoms. The van der Waals surface area contributed by atoms with Crippen molar-refractivity contribution >= 4 is 18.5 Å². The molecule has 0 bridgehead atoms. The summed E-state index contributed by atoms with van der Waals surface area (Å²) in [6, 6.07) is 2.38. The summed E-state index contributed by atoms with van der Waals surface area (Å²) >= 11 is 6.73. The largest absolute Gasteiger partial charge is 0.166 e. The van der Waals surface area contributed by atoms with E-state index >= 15 is 0 Å². The third-order valence-electron chi connectivity index (χ3n) is 3.72. The molecular weight excluding hydrogens is 184 g/mol. The molecule has 0 aromatic heterocycles. The molecule has 0 heterocycles. The smallest absolute Gasteiger partial charge is 0.161 e. The molecule has 0 atom stereocenters.